The molecule has 0 aliphatic carbocycles. The number of para-hydroxylation sites is 1. The van der Waals surface area contributed by atoms with Crippen molar-refractivity contribution < 1.29 is 9.59 Å². The van der Waals surface area contributed by atoms with Gasteiger partial charge >= 0.3 is 0 Å². The van der Waals surface area contributed by atoms with Crippen molar-refractivity contribution in [3.63, 3.8) is 0 Å². The first-order chi connectivity index (χ1) is 14.0. The van der Waals surface area contributed by atoms with Crippen LogP contribution in [0.5, 0.6) is 0 Å². The number of aryl methyl sites for hydroxylation is 1. The Labute approximate surface area is 170 Å². The van der Waals surface area contributed by atoms with Crippen molar-refractivity contribution in [2.75, 3.05) is 18.4 Å². The molecule has 3 aromatic rings. The topological polar surface area (TPSA) is 72.2 Å². The largest absolute Gasteiger partial charge is 0.340 e. The standard InChI is InChI=1S/C22H27N5O2/c1-3-27-14-10-19(24-27)23-21(29)22(2)11-6-12-26(16-22)20(28)15-25-13-9-17-7-4-5-8-18(17)25/h4-5,7-10,13-14H,3,6,11-12,15-16H2,1-2H3,(H,23,24,29)/t22-/m0/s1. The predicted octanol–water partition coefficient (Wildman–Crippen LogP) is 3.13. The maximum atomic E-state index is 13.0. The maximum absolute atomic E-state index is 13.0. The Bertz CT molecular complexity index is 1040. The summed E-state index contributed by atoms with van der Waals surface area (Å²) in [6.45, 7) is 6.08. The van der Waals surface area contributed by atoms with E-state index >= 15 is 0 Å². The summed E-state index contributed by atoms with van der Waals surface area (Å²) >= 11 is 0. The molecule has 1 fully saturated rings. The molecule has 152 valence electrons. The van der Waals surface area contributed by atoms with Gasteiger partial charge in [0.15, 0.2) is 5.82 Å². The molecule has 0 saturated carbocycles. The van der Waals surface area contributed by atoms with Gasteiger partial charge in [0.2, 0.25) is 11.8 Å². The first-order valence-corrected chi connectivity index (χ1v) is 10.1. The van der Waals surface area contributed by atoms with E-state index in [-0.39, 0.29) is 18.4 Å². The average molecular weight is 393 g/mol. The molecule has 7 nitrogen and oxygen atoms in total. The van der Waals surface area contributed by atoms with Crippen LogP contribution in [0.15, 0.2) is 48.8 Å². The number of amides is 2. The molecular formula is C22H27N5O2. The van der Waals surface area contributed by atoms with Crippen LogP contribution < -0.4 is 5.32 Å². The van der Waals surface area contributed by atoms with E-state index < -0.39 is 5.41 Å². The molecule has 29 heavy (non-hydrogen) atoms. The van der Waals surface area contributed by atoms with Gasteiger partial charge in [-0.3, -0.25) is 14.3 Å². The third-order valence-corrected chi connectivity index (χ3v) is 5.79. The van der Waals surface area contributed by atoms with Crippen LogP contribution in [0.4, 0.5) is 5.82 Å². The van der Waals surface area contributed by atoms with Crippen molar-refractivity contribution >= 4 is 28.5 Å². The van der Waals surface area contributed by atoms with E-state index in [1.165, 1.54) is 0 Å². The number of aromatic nitrogens is 3. The molecule has 3 heterocycles. The van der Waals surface area contributed by atoms with E-state index in [0.717, 1.165) is 30.3 Å². The lowest BCUT2D eigenvalue weighted by atomic mass is 9.81. The highest BCUT2D eigenvalue weighted by Crippen LogP contribution is 2.31. The summed E-state index contributed by atoms with van der Waals surface area (Å²) in [4.78, 5) is 27.7. The van der Waals surface area contributed by atoms with Gasteiger partial charge in [0.25, 0.3) is 0 Å². The van der Waals surface area contributed by atoms with Crippen molar-refractivity contribution in [3.05, 3.63) is 48.8 Å². The quantitative estimate of drug-likeness (QED) is 0.724. The number of piperidine rings is 1. The molecule has 2 aromatic heterocycles. The normalized spacial score (nSPS) is 19.4. The number of likely N-dealkylation sites (tertiary alicyclic amines) is 1. The number of rotatable bonds is 5. The Morgan fingerprint density at radius 1 is 1.17 bits per heavy atom. The molecule has 0 unspecified atom stereocenters. The van der Waals surface area contributed by atoms with Crippen molar-refractivity contribution in [2.45, 2.75) is 39.8 Å². The van der Waals surface area contributed by atoms with E-state index in [1.807, 2.05) is 66.0 Å². The summed E-state index contributed by atoms with van der Waals surface area (Å²) < 4.78 is 3.75. The fourth-order valence-electron chi connectivity index (χ4n) is 4.03. The highest BCUT2D eigenvalue weighted by Gasteiger charge is 2.39. The molecule has 1 aliphatic heterocycles. The lowest BCUT2D eigenvalue weighted by molar-refractivity contribution is -0.138. The second-order valence-electron chi connectivity index (χ2n) is 7.99. The third kappa shape index (κ3) is 3.90. The Morgan fingerprint density at radius 3 is 2.79 bits per heavy atom. The van der Waals surface area contributed by atoms with Crippen LogP contribution in [0.2, 0.25) is 0 Å². The SMILES string of the molecule is CCn1ccc(NC(=O)[C@@]2(C)CCCN(C(=O)Cn3ccc4ccccc43)C2)n1. The maximum Gasteiger partial charge on any atom is 0.242 e. The first kappa shape index (κ1) is 19.2. The van der Waals surface area contributed by atoms with Crippen LogP contribution in [-0.4, -0.2) is 44.2 Å². The van der Waals surface area contributed by atoms with Gasteiger partial charge in [0.1, 0.15) is 6.54 Å². The monoisotopic (exact) mass is 393 g/mol. The number of fused-ring (bicyclic) bond motifs is 1. The summed E-state index contributed by atoms with van der Waals surface area (Å²) in [6, 6.07) is 11.8. The molecule has 2 amide bonds. The number of anilines is 1. The molecule has 1 atom stereocenters. The average Bonchev–Trinajstić information content (AvgIpc) is 3.35. The highest BCUT2D eigenvalue weighted by atomic mass is 16.2. The Hall–Kier alpha value is -3.09. The molecule has 0 bridgehead atoms. The molecule has 1 N–H and O–H groups in total. The third-order valence-electron chi connectivity index (χ3n) is 5.79. The minimum atomic E-state index is -0.622. The van der Waals surface area contributed by atoms with Gasteiger partial charge in [-0.15, -0.1) is 0 Å². The van der Waals surface area contributed by atoms with Crippen molar-refractivity contribution in [3.8, 4) is 0 Å². The van der Waals surface area contributed by atoms with Crippen LogP contribution >= 0.6 is 0 Å². The Balaban J connectivity index is 1.43. The zero-order valence-electron chi connectivity index (χ0n) is 17.0. The van der Waals surface area contributed by atoms with E-state index in [4.69, 9.17) is 0 Å². The lowest BCUT2D eigenvalue weighted by Gasteiger charge is -2.39. The van der Waals surface area contributed by atoms with Gasteiger partial charge in [-0.05, 0) is 44.2 Å². The molecular weight excluding hydrogens is 366 g/mol. The summed E-state index contributed by atoms with van der Waals surface area (Å²) in [5.74, 6) is 0.517. The van der Waals surface area contributed by atoms with Gasteiger partial charge in [0.05, 0.1) is 5.41 Å². The minimum absolute atomic E-state index is 0.0420. The van der Waals surface area contributed by atoms with Gasteiger partial charge in [0, 0.05) is 43.6 Å². The fraction of sp³-hybridized carbons (Fsp3) is 0.409. The number of nitrogens with zero attached hydrogens (tertiary/aromatic N) is 4. The van der Waals surface area contributed by atoms with E-state index in [2.05, 4.69) is 10.4 Å². The summed E-state index contributed by atoms with van der Waals surface area (Å²) in [5, 5.41) is 8.37. The van der Waals surface area contributed by atoms with E-state index in [9.17, 15) is 9.59 Å². The van der Waals surface area contributed by atoms with Crippen molar-refractivity contribution in [2.24, 2.45) is 5.41 Å². The number of nitrogens with one attached hydrogen (secondary N) is 1. The molecule has 4 rings (SSSR count). The first-order valence-electron chi connectivity index (χ1n) is 10.1. The second-order valence-corrected chi connectivity index (χ2v) is 7.99. The van der Waals surface area contributed by atoms with Crippen LogP contribution in [0.1, 0.15) is 26.7 Å². The molecule has 1 aromatic carbocycles. The van der Waals surface area contributed by atoms with Gasteiger partial charge in [-0.25, -0.2) is 0 Å². The smallest absolute Gasteiger partial charge is 0.242 e. The molecule has 1 saturated heterocycles. The van der Waals surface area contributed by atoms with Crippen LogP contribution in [0, 0.1) is 5.41 Å². The number of carbonyl (C=O) groups excluding carboxylic acids is 2. The molecule has 7 heteroatoms. The summed E-state index contributed by atoms with van der Waals surface area (Å²) in [5.41, 5.74) is 0.424. The van der Waals surface area contributed by atoms with Gasteiger partial charge in [-0.1, -0.05) is 18.2 Å². The molecule has 1 aliphatic rings. The number of benzene rings is 1. The number of hydrogen-bond acceptors (Lipinski definition) is 3. The highest BCUT2D eigenvalue weighted by molar-refractivity contribution is 5.95. The Kier molecular flexibility index (Phi) is 5.13. The van der Waals surface area contributed by atoms with Crippen molar-refractivity contribution in [1.82, 2.24) is 19.2 Å². The van der Waals surface area contributed by atoms with Crippen LogP contribution in [0.25, 0.3) is 10.9 Å². The second kappa shape index (κ2) is 7.73. The summed E-state index contributed by atoms with van der Waals surface area (Å²) in [6.07, 6.45) is 5.35. The minimum Gasteiger partial charge on any atom is -0.340 e. The van der Waals surface area contributed by atoms with Crippen LogP contribution in [-0.2, 0) is 22.7 Å². The number of carbonyl (C=O) groups is 2. The molecule has 0 radical (unpaired) electrons. The lowest BCUT2D eigenvalue weighted by Crippen LogP contribution is -2.50. The molecule has 0 spiro atoms. The fourth-order valence-corrected chi connectivity index (χ4v) is 4.03. The van der Waals surface area contributed by atoms with Crippen LogP contribution in [0.3, 0.4) is 0 Å². The zero-order valence-corrected chi connectivity index (χ0v) is 17.0. The van der Waals surface area contributed by atoms with Crippen molar-refractivity contribution in [1.29, 1.82) is 0 Å². The number of hydrogen-bond donors (Lipinski definition) is 1. The van der Waals surface area contributed by atoms with E-state index in [1.54, 1.807) is 10.7 Å². The Morgan fingerprint density at radius 2 is 2.00 bits per heavy atom. The summed E-state index contributed by atoms with van der Waals surface area (Å²) in [7, 11) is 0. The van der Waals surface area contributed by atoms with Gasteiger partial charge in [-0.2, -0.15) is 5.10 Å². The zero-order chi connectivity index (χ0) is 20.4. The predicted molar refractivity (Wildman–Crippen MR) is 112 cm³/mol. The van der Waals surface area contributed by atoms with Gasteiger partial charge < -0.3 is 14.8 Å². The van der Waals surface area contributed by atoms with E-state index in [0.29, 0.717) is 18.9 Å².